The number of nitrogens with two attached hydrogens (primary N) is 1. The maximum absolute atomic E-state index is 5.72. The van der Waals surface area contributed by atoms with Gasteiger partial charge in [-0.05, 0) is 49.6 Å². The van der Waals surface area contributed by atoms with E-state index >= 15 is 0 Å². The van der Waals surface area contributed by atoms with Crippen molar-refractivity contribution < 1.29 is 0 Å². The second-order valence-corrected chi connectivity index (χ2v) is 6.66. The molecule has 2 heteroatoms. The Morgan fingerprint density at radius 1 is 1.24 bits per heavy atom. The highest BCUT2D eigenvalue weighted by molar-refractivity contribution is 7.99. The summed E-state index contributed by atoms with van der Waals surface area (Å²) in [5.74, 6) is 1.21. The number of aryl methyl sites for hydroxylation is 1. The summed E-state index contributed by atoms with van der Waals surface area (Å²) in [6, 6.07) is 8.74. The first kappa shape index (κ1) is 14.6. The van der Waals surface area contributed by atoms with Crippen molar-refractivity contribution in [1.29, 1.82) is 0 Å². The molecule has 1 aromatic carbocycles. The Hall–Kier alpha value is -0.470. The van der Waals surface area contributed by atoms with Crippen LogP contribution in [0.5, 0.6) is 0 Å². The Labute approximate surface area is 110 Å². The highest BCUT2D eigenvalue weighted by Gasteiger charge is 2.14. The summed E-state index contributed by atoms with van der Waals surface area (Å²) in [7, 11) is 0. The summed E-state index contributed by atoms with van der Waals surface area (Å²) in [5.41, 5.74) is 7.38. The molecule has 0 radical (unpaired) electrons. The number of hydrogen-bond acceptors (Lipinski definition) is 2. The normalized spacial score (nSPS) is 11.8. The first-order chi connectivity index (χ1) is 8.03. The summed E-state index contributed by atoms with van der Waals surface area (Å²) < 4.78 is 0. The average molecular weight is 251 g/mol. The monoisotopic (exact) mass is 251 g/mol. The van der Waals surface area contributed by atoms with Gasteiger partial charge in [-0.2, -0.15) is 0 Å². The standard InChI is InChI=1S/C15H25NS/c1-13-7-6-8-14(11-13)17-10-5-4-9-15(2,3)12-16/h6-8,11H,4-5,9-10,12,16H2,1-3H3. The molecule has 1 rings (SSSR count). The Bertz CT molecular complexity index is 333. The second-order valence-electron chi connectivity index (χ2n) is 5.49. The number of benzene rings is 1. The predicted octanol–water partition coefficient (Wildman–Crippen LogP) is 4.24. The lowest BCUT2D eigenvalue weighted by Gasteiger charge is -2.21. The molecule has 0 amide bonds. The van der Waals surface area contributed by atoms with Gasteiger partial charge in [-0.25, -0.2) is 0 Å². The van der Waals surface area contributed by atoms with E-state index in [2.05, 4.69) is 45.0 Å². The fourth-order valence-electron chi connectivity index (χ4n) is 1.70. The van der Waals surface area contributed by atoms with Gasteiger partial charge in [-0.1, -0.05) is 38.0 Å². The Balaban J connectivity index is 2.17. The van der Waals surface area contributed by atoms with Crippen LogP contribution < -0.4 is 5.73 Å². The van der Waals surface area contributed by atoms with E-state index in [1.54, 1.807) is 0 Å². The van der Waals surface area contributed by atoms with Crippen LogP contribution in [0.15, 0.2) is 29.2 Å². The van der Waals surface area contributed by atoms with Crippen molar-refractivity contribution in [2.75, 3.05) is 12.3 Å². The molecular weight excluding hydrogens is 226 g/mol. The molecular formula is C15H25NS. The van der Waals surface area contributed by atoms with E-state index in [0.29, 0.717) is 5.41 Å². The first-order valence-electron chi connectivity index (χ1n) is 6.43. The van der Waals surface area contributed by atoms with Gasteiger partial charge in [0, 0.05) is 4.90 Å². The number of rotatable bonds is 7. The number of unbranched alkanes of at least 4 members (excludes halogenated alkanes) is 1. The molecule has 0 saturated heterocycles. The van der Waals surface area contributed by atoms with Crippen molar-refractivity contribution in [2.24, 2.45) is 11.1 Å². The molecule has 96 valence electrons. The zero-order valence-corrected chi connectivity index (χ0v) is 12.1. The third-order valence-electron chi connectivity index (χ3n) is 3.06. The van der Waals surface area contributed by atoms with E-state index in [-0.39, 0.29) is 0 Å². The lowest BCUT2D eigenvalue weighted by Crippen LogP contribution is -2.23. The largest absolute Gasteiger partial charge is 0.330 e. The molecule has 1 nitrogen and oxygen atoms in total. The molecule has 0 spiro atoms. The van der Waals surface area contributed by atoms with Gasteiger partial charge in [0.25, 0.3) is 0 Å². The van der Waals surface area contributed by atoms with Gasteiger partial charge >= 0.3 is 0 Å². The fourth-order valence-corrected chi connectivity index (χ4v) is 2.73. The summed E-state index contributed by atoms with van der Waals surface area (Å²) in [5, 5.41) is 0. The maximum atomic E-state index is 5.72. The highest BCUT2D eigenvalue weighted by atomic mass is 32.2. The minimum absolute atomic E-state index is 0.313. The maximum Gasteiger partial charge on any atom is 0.00745 e. The van der Waals surface area contributed by atoms with E-state index in [9.17, 15) is 0 Å². The molecule has 17 heavy (non-hydrogen) atoms. The second kappa shape index (κ2) is 7.07. The van der Waals surface area contributed by atoms with Gasteiger partial charge in [0.2, 0.25) is 0 Å². The quantitative estimate of drug-likeness (QED) is 0.579. The Kier molecular flexibility index (Phi) is 6.07. The van der Waals surface area contributed by atoms with E-state index in [0.717, 1.165) is 6.54 Å². The summed E-state index contributed by atoms with van der Waals surface area (Å²) in [4.78, 5) is 1.39. The molecule has 0 saturated carbocycles. The topological polar surface area (TPSA) is 26.0 Å². The van der Waals surface area contributed by atoms with Crippen LogP contribution in [-0.2, 0) is 0 Å². The zero-order valence-electron chi connectivity index (χ0n) is 11.3. The van der Waals surface area contributed by atoms with Crippen LogP contribution in [0.3, 0.4) is 0 Å². The van der Waals surface area contributed by atoms with Gasteiger partial charge in [-0.15, -0.1) is 11.8 Å². The number of hydrogen-bond donors (Lipinski definition) is 1. The molecule has 0 fully saturated rings. The van der Waals surface area contributed by atoms with E-state index in [4.69, 9.17) is 5.73 Å². The summed E-state index contributed by atoms with van der Waals surface area (Å²) >= 11 is 1.96. The Morgan fingerprint density at radius 2 is 2.00 bits per heavy atom. The molecule has 0 aliphatic rings. The van der Waals surface area contributed by atoms with Gasteiger partial charge in [0.05, 0.1) is 0 Å². The molecule has 0 aliphatic heterocycles. The molecule has 0 aliphatic carbocycles. The van der Waals surface area contributed by atoms with E-state index in [1.165, 1.54) is 35.5 Å². The van der Waals surface area contributed by atoms with E-state index < -0.39 is 0 Å². The average Bonchev–Trinajstić information content (AvgIpc) is 2.29. The van der Waals surface area contributed by atoms with Crippen molar-refractivity contribution in [3.8, 4) is 0 Å². The first-order valence-corrected chi connectivity index (χ1v) is 7.42. The Morgan fingerprint density at radius 3 is 2.65 bits per heavy atom. The predicted molar refractivity (Wildman–Crippen MR) is 78.6 cm³/mol. The van der Waals surface area contributed by atoms with Gasteiger partial charge in [0.1, 0.15) is 0 Å². The van der Waals surface area contributed by atoms with Crippen LogP contribution in [0.25, 0.3) is 0 Å². The lowest BCUT2D eigenvalue weighted by atomic mass is 9.88. The zero-order chi connectivity index (χ0) is 12.7. The molecule has 0 unspecified atom stereocenters. The van der Waals surface area contributed by atoms with Crippen molar-refractivity contribution in [1.82, 2.24) is 0 Å². The van der Waals surface area contributed by atoms with Crippen LogP contribution in [0.2, 0.25) is 0 Å². The molecule has 0 heterocycles. The summed E-state index contributed by atoms with van der Waals surface area (Å²) in [6.07, 6.45) is 3.79. The van der Waals surface area contributed by atoms with Crippen LogP contribution in [0, 0.1) is 12.3 Å². The summed E-state index contributed by atoms with van der Waals surface area (Å²) in [6.45, 7) is 7.44. The smallest absolute Gasteiger partial charge is 0.00745 e. The highest BCUT2D eigenvalue weighted by Crippen LogP contribution is 2.24. The molecule has 0 aromatic heterocycles. The van der Waals surface area contributed by atoms with Crippen LogP contribution in [0.4, 0.5) is 0 Å². The SMILES string of the molecule is Cc1cccc(SCCCCC(C)(C)CN)c1. The van der Waals surface area contributed by atoms with Crippen molar-refractivity contribution in [3.05, 3.63) is 29.8 Å². The molecule has 1 aromatic rings. The lowest BCUT2D eigenvalue weighted by molar-refractivity contribution is 0.336. The van der Waals surface area contributed by atoms with Gasteiger partial charge in [0.15, 0.2) is 0 Å². The van der Waals surface area contributed by atoms with Crippen LogP contribution >= 0.6 is 11.8 Å². The van der Waals surface area contributed by atoms with E-state index in [1.807, 2.05) is 11.8 Å². The third kappa shape index (κ3) is 6.13. The fraction of sp³-hybridized carbons (Fsp3) is 0.600. The molecule has 2 N–H and O–H groups in total. The molecule has 0 bridgehead atoms. The van der Waals surface area contributed by atoms with Crippen LogP contribution in [0.1, 0.15) is 38.7 Å². The number of thioether (sulfide) groups is 1. The van der Waals surface area contributed by atoms with Gasteiger partial charge in [-0.3, -0.25) is 0 Å². The van der Waals surface area contributed by atoms with Crippen molar-refractivity contribution >= 4 is 11.8 Å². The third-order valence-corrected chi connectivity index (χ3v) is 4.14. The van der Waals surface area contributed by atoms with Crippen molar-refractivity contribution in [3.63, 3.8) is 0 Å². The van der Waals surface area contributed by atoms with Gasteiger partial charge < -0.3 is 5.73 Å². The molecule has 0 atom stereocenters. The van der Waals surface area contributed by atoms with Crippen LogP contribution in [-0.4, -0.2) is 12.3 Å². The van der Waals surface area contributed by atoms with Crippen molar-refractivity contribution in [2.45, 2.75) is 44.9 Å². The minimum atomic E-state index is 0.313. The minimum Gasteiger partial charge on any atom is -0.330 e.